The lowest BCUT2D eigenvalue weighted by Crippen LogP contribution is -2.24. The van der Waals surface area contributed by atoms with Crippen LogP contribution < -0.4 is 10.8 Å². The molecule has 150 valence electrons. The van der Waals surface area contributed by atoms with Gasteiger partial charge in [-0.2, -0.15) is 0 Å². The topological polar surface area (TPSA) is 78.4 Å². The van der Waals surface area contributed by atoms with Gasteiger partial charge in [-0.05, 0) is 45.8 Å². The van der Waals surface area contributed by atoms with E-state index in [1.54, 1.807) is 11.5 Å². The Morgan fingerprint density at radius 2 is 1.57 bits per heavy atom. The molecule has 5 nitrogen and oxygen atoms in total. The average Bonchev–Trinajstić information content (AvgIpc) is 3.21. The maximum Gasteiger partial charge on any atom is 0.284 e. The standard InChI is InChI=1S/C24H20N2O3S/c27-23(12-16-4-2-1-3-5-16)25-15-17-6-8-18(9-7-17)19-10-11-21-20(13-19)14-22(30-21)24(28)26-29/h1-11,13-14,29H,12,15H2,(H,25,27)(H,26,28). The van der Waals surface area contributed by atoms with Crippen molar-refractivity contribution >= 4 is 33.2 Å². The molecule has 0 saturated carbocycles. The van der Waals surface area contributed by atoms with Gasteiger partial charge in [-0.3, -0.25) is 14.8 Å². The molecule has 0 saturated heterocycles. The molecule has 0 fully saturated rings. The molecule has 4 aromatic rings. The first-order valence-corrected chi connectivity index (χ1v) is 10.3. The summed E-state index contributed by atoms with van der Waals surface area (Å²) in [6.07, 6.45) is 0.371. The van der Waals surface area contributed by atoms with Gasteiger partial charge in [0.1, 0.15) is 0 Å². The second-order valence-electron chi connectivity index (χ2n) is 6.94. The fourth-order valence-corrected chi connectivity index (χ4v) is 4.18. The van der Waals surface area contributed by atoms with E-state index in [1.807, 2.05) is 72.8 Å². The number of benzene rings is 3. The van der Waals surface area contributed by atoms with E-state index in [4.69, 9.17) is 5.21 Å². The monoisotopic (exact) mass is 416 g/mol. The number of hydroxylamine groups is 1. The van der Waals surface area contributed by atoms with Gasteiger partial charge in [0.2, 0.25) is 5.91 Å². The summed E-state index contributed by atoms with van der Waals surface area (Å²) in [7, 11) is 0. The summed E-state index contributed by atoms with van der Waals surface area (Å²) in [5.41, 5.74) is 5.78. The molecule has 0 aliphatic rings. The SMILES string of the molecule is O=C(Cc1ccccc1)NCc1ccc(-c2ccc3sc(C(=O)NO)cc3c2)cc1. The van der Waals surface area contributed by atoms with E-state index in [9.17, 15) is 9.59 Å². The lowest BCUT2D eigenvalue weighted by atomic mass is 10.0. The number of fused-ring (bicyclic) bond motifs is 1. The maximum atomic E-state index is 12.1. The normalized spacial score (nSPS) is 10.7. The molecule has 0 aliphatic carbocycles. The molecule has 0 bridgehead atoms. The predicted molar refractivity (Wildman–Crippen MR) is 119 cm³/mol. The second kappa shape index (κ2) is 8.90. The number of thiophene rings is 1. The van der Waals surface area contributed by atoms with E-state index in [0.717, 1.165) is 32.3 Å². The van der Waals surface area contributed by atoms with Crippen LogP contribution >= 0.6 is 11.3 Å². The summed E-state index contributed by atoms with van der Waals surface area (Å²) in [5.74, 6) is -0.507. The fourth-order valence-electron chi connectivity index (χ4n) is 3.25. The van der Waals surface area contributed by atoms with Crippen LogP contribution in [0, 0.1) is 0 Å². The minimum absolute atomic E-state index is 0.00379. The second-order valence-corrected chi connectivity index (χ2v) is 8.02. The Bertz CT molecular complexity index is 1180. The highest BCUT2D eigenvalue weighted by Crippen LogP contribution is 2.30. The molecule has 0 spiro atoms. The first kappa shape index (κ1) is 19.8. The van der Waals surface area contributed by atoms with Crippen molar-refractivity contribution in [1.82, 2.24) is 10.8 Å². The summed E-state index contributed by atoms with van der Waals surface area (Å²) in [5, 5.41) is 12.7. The molecule has 30 heavy (non-hydrogen) atoms. The predicted octanol–water partition coefficient (Wildman–Crippen LogP) is 4.55. The molecule has 4 rings (SSSR count). The third kappa shape index (κ3) is 4.56. The van der Waals surface area contributed by atoms with Crippen LogP contribution in [0.1, 0.15) is 20.8 Å². The van der Waals surface area contributed by atoms with Crippen molar-refractivity contribution in [3.63, 3.8) is 0 Å². The number of nitrogens with one attached hydrogen (secondary N) is 2. The third-order valence-corrected chi connectivity index (χ3v) is 5.94. The Hall–Kier alpha value is -3.48. The molecule has 2 amide bonds. The molecule has 1 heterocycles. The van der Waals surface area contributed by atoms with Crippen LogP contribution in [-0.4, -0.2) is 17.0 Å². The van der Waals surface area contributed by atoms with Crippen LogP contribution in [0.5, 0.6) is 0 Å². The molecular weight excluding hydrogens is 396 g/mol. The number of amides is 2. The lowest BCUT2D eigenvalue weighted by Gasteiger charge is -2.07. The van der Waals surface area contributed by atoms with E-state index < -0.39 is 5.91 Å². The first-order chi connectivity index (χ1) is 14.6. The Morgan fingerprint density at radius 1 is 0.833 bits per heavy atom. The van der Waals surface area contributed by atoms with Gasteiger partial charge < -0.3 is 5.32 Å². The quantitative estimate of drug-likeness (QED) is 0.319. The molecule has 3 N–H and O–H groups in total. The fraction of sp³-hybridized carbons (Fsp3) is 0.0833. The van der Waals surface area contributed by atoms with Gasteiger partial charge >= 0.3 is 0 Å². The Balaban J connectivity index is 1.41. The molecule has 0 aliphatic heterocycles. The zero-order valence-electron chi connectivity index (χ0n) is 16.1. The first-order valence-electron chi connectivity index (χ1n) is 9.50. The Morgan fingerprint density at radius 3 is 2.30 bits per heavy atom. The summed E-state index contributed by atoms with van der Waals surface area (Å²) < 4.78 is 0.982. The zero-order valence-corrected chi connectivity index (χ0v) is 16.9. The van der Waals surface area contributed by atoms with Crippen molar-refractivity contribution in [2.24, 2.45) is 0 Å². The summed E-state index contributed by atoms with van der Waals surface area (Å²) in [6, 6.07) is 25.5. The molecule has 0 radical (unpaired) electrons. The minimum Gasteiger partial charge on any atom is -0.352 e. The van der Waals surface area contributed by atoms with E-state index in [1.165, 1.54) is 11.3 Å². The van der Waals surface area contributed by atoms with Crippen molar-refractivity contribution in [3.05, 3.63) is 94.9 Å². The van der Waals surface area contributed by atoms with Gasteiger partial charge in [0.15, 0.2) is 0 Å². The van der Waals surface area contributed by atoms with Crippen molar-refractivity contribution in [1.29, 1.82) is 0 Å². The Labute approximate surface area is 177 Å². The van der Waals surface area contributed by atoms with Crippen LogP contribution in [-0.2, 0) is 17.8 Å². The average molecular weight is 417 g/mol. The van der Waals surface area contributed by atoms with Crippen molar-refractivity contribution in [3.8, 4) is 11.1 Å². The van der Waals surface area contributed by atoms with Gasteiger partial charge in [-0.1, -0.05) is 60.7 Å². The molecule has 0 atom stereocenters. The molecular formula is C24H20N2O3S. The smallest absolute Gasteiger partial charge is 0.284 e. The van der Waals surface area contributed by atoms with Crippen molar-refractivity contribution in [2.75, 3.05) is 0 Å². The summed E-state index contributed by atoms with van der Waals surface area (Å²) >= 11 is 1.33. The van der Waals surface area contributed by atoms with E-state index in [2.05, 4.69) is 5.32 Å². The highest BCUT2D eigenvalue weighted by molar-refractivity contribution is 7.20. The van der Waals surface area contributed by atoms with Crippen LogP contribution in [0.2, 0.25) is 0 Å². The van der Waals surface area contributed by atoms with E-state index >= 15 is 0 Å². The zero-order chi connectivity index (χ0) is 20.9. The summed E-state index contributed by atoms with van der Waals surface area (Å²) in [4.78, 5) is 24.2. The van der Waals surface area contributed by atoms with Crippen LogP contribution in [0.3, 0.4) is 0 Å². The van der Waals surface area contributed by atoms with Crippen molar-refractivity contribution in [2.45, 2.75) is 13.0 Å². The number of rotatable bonds is 6. The number of hydrogen-bond acceptors (Lipinski definition) is 4. The Kier molecular flexibility index (Phi) is 5.88. The third-order valence-electron chi connectivity index (χ3n) is 4.83. The van der Waals surface area contributed by atoms with Gasteiger partial charge in [0.25, 0.3) is 5.91 Å². The number of carbonyl (C=O) groups is 2. The van der Waals surface area contributed by atoms with Gasteiger partial charge in [-0.25, -0.2) is 5.48 Å². The molecule has 3 aromatic carbocycles. The number of hydrogen-bond donors (Lipinski definition) is 3. The molecule has 6 heteroatoms. The van der Waals surface area contributed by atoms with Gasteiger partial charge in [0, 0.05) is 11.2 Å². The van der Waals surface area contributed by atoms with Crippen LogP contribution in [0.15, 0.2) is 78.9 Å². The lowest BCUT2D eigenvalue weighted by molar-refractivity contribution is -0.120. The minimum atomic E-state index is -0.503. The van der Waals surface area contributed by atoms with Crippen LogP contribution in [0.4, 0.5) is 0 Å². The van der Waals surface area contributed by atoms with E-state index in [0.29, 0.717) is 17.8 Å². The van der Waals surface area contributed by atoms with Crippen LogP contribution in [0.25, 0.3) is 21.2 Å². The molecule has 0 unspecified atom stereocenters. The highest BCUT2D eigenvalue weighted by Gasteiger charge is 2.10. The largest absolute Gasteiger partial charge is 0.352 e. The maximum absolute atomic E-state index is 12.1. The molecule has 1 aromatic heterocycles. The number of carbonyl (C=O) groups excluding carboxylic acids is 2. The summed E-state index contributed by atoms with van der Waals surface area (Å²) in [6.45, 7) is 0.481. The van der Waals surface area contributed by atoms with Gasteiger partial charge in [0.05, 0.1) is 11.3 Å². The van der Waals surface area contributed by atoms with Gasteiger partial charge in [-0.15, -0.1) is 11.3 Å². The highest BCUT2D eigenvalue weighted by atomic mass is 32.1. The van der Waals surface area contributed by atoms with E-state index in [-0.39, 0.29) is 5.91 Å². The van der Waals surface area contributed by atoms with Crippen molar-refractivity contribution < 1.29 is 14.8 Å².